The Balaban J connectivity index is 0.00000166. The monoisotopic (exact) mass is 877 g/mol. The van der Waals surface area contributed by atoms with Crippen LogP contribution in [0.15, 0.2) is 36.8 Å². The quantitative estimate of drug-likeness (QED) is 0.0422. The number of carbonyl (C=O) groups excluding carboxylic acids is 4. The molecule has 0 saturated carbocycles. The van der Waals surface area contributed by atoms with E-state index in [1.54, 1.807) is 53.4 Å². The van der Waals surface area contributed by atoms with E-state index < -0.39 is 23.8 Å². The van der Waals surface area contributed by atoms with Crippen LogP contribution in [0.1, 0.15) is 37.9 Å². The molecule has 0 aromatic carbocycles. The van der Waals surface area contributed by atoms with Gasteiger partial charge in [-0.15, -0.1) is 15.8 Å². The molecule has 297 valence electrons. The Morgan fingerprint density at radius 1 is 0.792 bits per heavy atom. The molecule has 0 unspecified atom stereocenters. The third-order valence-electron chi connectivity index (χ3n) is 7.57. The third-order valence-corrected chi connectivity index (χ3v) is 10.1. The van der Waals surface area contributed by atoms with Gasteiger partial charge in [0.05, 0.1) is 28.9 Å². The van der Waals surface area contributed by atoms with Crippen LogP contribution in [0, 0.1) is 5.41 Å². The van der Waals surface area contributed by atoms with Gasteiger partial charge < -0.3 is 57.5 Å². The number of hydrogen-bond acceptors (Lipinski definition) is 9. The van der Waals surface area contributed by atoms with Gasteiger partial charge in [-0.3, -0.25) is 24.6 Å². The van der Waals surface area contributed by atoms with E-state index in [-0.39, 0.29) is 68.1 Å². The minimum absolute atomic E-state index is 0. The van der Waals surface area contributed by atoms with Crippen LogP contribution < -0.4 is 38.9 Å². The number of aryl methyl sites for hydroxylation is 3. The fraction of sp³-hybridized carbons (Fsp3) is 0.485. The predicted octanol–water partition coefficient (Wildman–Crippen LogP) is 3.02. The molecule has 0 spiro atoms. The molecule has 0 fully saturated rings. The normalized spacial score (nSPS) is 11.2. The zero-order valence-corrected chi connectivity index (χ0v) is 36.5. The number of aromatic nitrogens is 3. The molecule has 0 aliphatic heterocycles. The summed E-state index contributed by atoms with van der Waals surface area (Å²) in [5.74, 6) is -1.52. The number of anilines is 3. The van der Waals surface area contributed by atoms with Crippen molar-refractivity contribution in [2.75, 3.05) is 87.4 Å². The Morgan fingerprint density at radius 2 is 1.17 bits per heavy atom. The number of rotatable bonds is 17. The number of nitrogens with one attached hydrogen (secondary N) is 5. The van der Waals surface area contributed by atoms with Gasteiger partial charge in [-0.2, -0.15) is 12.6 Å². The molecule has 3 heterocycles. The van der Waals surface area contributed by atoms with Gasteiger partial charge in [0.25, 0.3) is 17.7 Å². The molecule has 0 aliphatic rings. The van der Waals surface area contributed by atoms with Gasteiger partial charge >= 0.3 is 0 Å². The smallest absolute Gasteiger partial charge is 0.272 e. The van der Waals surface area contributed by atoms with E-state index in [9.17, 15) is 19.2 Å². The van der Waals surface area contributed by atoms with Gasteiger partial charge in [-0.25, -0.2) is 0 Å². The molecular weight excluding hydrogens is 820 g/mol. The standard InChI is InChI=1S/C24H32N10O4S.C9H23NP2.H3N.Tc/c1-32-10-14(6-17(32)22(36)28-5-4-20(26)27)30-24(38)19-8-15(11-34(19)3)31-23(37)18-7-13(9-33(18)2)29-21(35)16(25)12-39;1-10(6-8-11(2)3)7-9-12(4)5;;/h6-11,16,39H,4-5,12,25H2,1-3H3,(H3,26,27)(H,28,36)(H,29,35)(H,30,38)(H,31,37);6-9H2,1-5H3;1H3;/t16-;;;/m0.../s1. The SMILES string of the molecule is CN(CCP(C)C)CCP(C)C.Cn1cc(NC(=O)c2cc(NC(=O)c3cc(NC(=O)[C@@H](N)CS)cn3C)cn2C)cc1C(=O)NCCC(=N)N.N.[Tc]. The van der Waals surface area contributed by atoms with Crippen LogP contribution in [-0.2, 0) is 46.0 Å². The van der Waals surface area contributed by atoms with Crippen molar-refractivity contribution in [2.24, 2.45) is 32.6 Å². The number of nitrogens with two attached hydrogens (primary N) is 2. The first-order chi connectivity index (χ1) is 23.9. The maximum Gasteiger partial charge on any atom is 0.272 e. The summed E-state index contributed by atoms with van der Waals surface area (Å²) in [6.45, 7) is 12.2. The van der Waals surface area contributed by atoms with E-state index in [1.807, 2.05) is 0 Å². The Bertz CT molecular complexity index is 1650. The fourth-order valence-corrected chi connectivity index (χ4v) is 6.19. The van der Waals surface area contributed by atoms with Crippen molar-refractivity contribution in [3.8, 4) is 0 Å². The van der Waals surface area contributed by atoms with Crippen LogP contribution in [0.5, 0.6) is 0 Å². The first-order valence-electron chi connectivity index (χ1n) is 16.3. The van der Waals surface area contributed by atoms with Gasteiger partial charge in [0.15, 0.2) is 0 Å². The zero-order chi connectivity index (χ0) is 38.4. The van der Waals surface area contributed by atoms with Crippen molar-refractivity contribution in [3.05, 3.63) is 53.9 Å². The van der Waals surface area contributed by atoms with E-state index in [1.165, 1.54) is 43.6 Å². The maximum absolute atomic E-state index is 12.9. The van der Waals surface area contributed by atoms with Crippen LogP contribution in [0.3, 0.4) is 0 Å². The van der Waals surface area contributed by atoms with E-state index >= 15 is 0 Å². The van der Waals surface area contributed by atoms with E-state index in [2.05, 4.69) is 72.5 Å². The molecule has 3 aromatic heterocycles. The second-order valence-corrected chi connectivity index (χ2v) is 18.4. The molecule has 3 rings (SSSR count). The number of amidine groups is 1. The van der Waals surface area contributed by atoms with Crippen molar-refractivity contribution in [1.82, 2.24) is 30.1 Å². The van der Waals surface area contributed by atoms with Gasteiger partial charge in [0, 0.05) is 91.6 Å². The molecule has 0 bridgehead atoms. The predicted molar refractivity (Wildman–Crippen MR) is 221 cm³/mol. The molecule has 3 aromatic rings. The second kappa shape index (κ2) is 24.4. The molecule has 16 nitrogen and oxygen atoms in total. The van der Waals surface area contributed by atoms with Crippen molar-refractivity contribution >= 4 is 75.0 Å². The first kappa shape index (κ1) is 49.9. The minimum atomic E-state index is -0.780. The Labute approximate surface area is 334 Å². The van der Waals surface area contributed by atoms with Gasteiger partial charge in [0.2, 0.25) is 5.91 Å². The Hall–Kier alpha value is -3.07. The largest absolute Gasteiger partial charge is 0.388 e. The van der Waals surface area contributed by atoms with Crippen LogP contribution in [0.4, 0.5) is 17.1 Å². The van der Waals surface area contributed by atoms with Crippen LogP contribution in [0.2, 0.25) is 0 Å². The summed E-state index contributed by atoms with van der Waals surface area (Å²) < 4.78 is 4.67. The summed E-state index contributed by atoms with van der Waals surface area (Å²) in [5.41, 5.74) is 13.0. The molecule has 1 radical (unpaired) electrons. The topological polar surface area (TPSA) is 245 Å². The molecule has 20 heteroatoms. The van der Waals surface area contributed by atoms with Crippen LogP contribution >= 0.6 is 28.5 Å². The van der Waals surface area contributed by atoms with Gasteiger partial charge in [0.1, 0.15) is 17.1 Å². The van der Waals surface area contributed by atoms with Gasteiger partial charge in [-0.05, 0) is 64.2 Å². The summed E-state index contributed by atoms with van der Waals surface area (Å²) in [4.78, 5) is 52.7. The third kappa shape index (κ3) is 17.3. The zero-order valence-electron chi connectivity index (χ0n) is 32.0. The summed E-state index contributed by atoms with van der Waals surface area (Å²) in [6.07, 6.45) is 7.80. The first-order valence-corrected chi connectivity index (χ1v) is 21.8. The Kier molecular flexibility index (Phi) is 22.9. The molecule has 0 aliphatic carbocycles. The Morgan fingerprint density at radius 3 is 1.53 bits per heavy atom. The number of nitrogens with zero attached hydrogens (tertiary/aromatic N) is 4. The van der Waals surface area contributed by atoms with Crippen LogP contribution in [0.25, 0.3) is 0 Å². The average Bonchev–Trinajstić information content (AvgIpc) is 3.73. The number of carbonyl (C=O) groups is 4. The van der Waals surface area contributed by atoms with E-state index in [4.69, 9.17) is 16.9 Å². The van der Waals surface area contributed by atoms with E-state index in [0.717, 1.165) is 0 Å². The molecular formula is C33H58N12O4P2STc. The van der Waals surface area contributed by atoms with Crippen molar-refractivity contribution in [1.29, 1.82) is 5.41 Å². The minimum Gasteiger partial charge on any atom is -0.388 e. The van der Waals surface area contributed by atoms with Gasteiger partial charge in [-0.1, -0.05) is 0 Å². The summed E-state index contributed by atoms with van der Waals surface area (Å²) in [5, 5.41) is 18.0. The van der Waals surface area contributed by atoms with Crippen molar-refractivity contribution in [2.45, 2.75) is 12.5 Å². The van der Waals surface area contributed by atoms with Crippen molar-refractivity contribution in [3.63, 3.8) is 0 Å². The summed E-state index contributed by atoms with van der Waals surface area (Å²) >= 11 is 4.01. The second-order valence-electron chi connectivity index (χ2n) is 12.8. The number of hydrogen-bond donors (Lipinski definition) is 9. The molecule has 1 atom stereocenters. The van der Waals surface area contributed by atoms with E-state index in [0.29, 0.717) is 38.6 Å². The fourth-order valence-electron chi connectivity index (χ4n) is 4.54. The number of amides is 4. The molecule has 0 saturated heterocycles. The summed E-state index contributed by atoms with van der Waals surface area (Å²) in [6, 6.07) is 3.78. The molecule has 53 heavy (non-hydrogen) atoms. The molecule has 4 amide bonds. The average molecular weight is 879 g/mol. The van der Waals surface area contributed by atoms with Crippen molar-refractivity contribution < 1.29 is 39.3 Å². The summed E-state index contributed by atoms with van der Waals surface area (Å²) in [7, 11) is 7.84. The molecule has 12 N–H and O–H groups in total. The maximum atomic E-state index is 12.9. The number of thiol groups is 1. The van der Waals surface area contributed by atoms with Crippen LogP contribution in [-0.4, -0.2) is 126 Å².